The van der Waals surface area contributed by atoms with Crippen LogP contribution in [-0.4, -0.2) is 39.6 Å². The highest BCUT2D eigenvalue weighted by Crippen LogP contribution is 2.41. The summed E-state index contributed by atoms with van der Waals surface area (Å²) in [5.41, 5.74) is 3.88. The third-order valence-electron chi connectivity index (χ3n) is 6.86. The quantitative estimate of drug-likeness (QED) is 0.278. The zero-order chi connectivity index (χ0) is 24.0. The molecule has 3 aromatic rings. The van der Waals surface area contributed by atoms with Gasteiger partial charge >= 0.3 is 5.97 Å². The fourth-order valence-electron chi connectivity index (χ4n) is 4.96. The maximum atomic E-state index is 13.7. The molecule has 0 bridgehead atoms. The number of aliphatic hydroxyl groups is 1. The van der Waals surface area contributed by atoms with Gasteiger partial charge in [-0.2, -0.15) is 0 Å². The number of cyclic esters (lactones) is 1. The predicted molar refractivity (Wildman–Crippen MR) is 128 cm³/mol. The van der Waals surface area contributed by atoms with Crippen LogP contribution in [0.25, 0.3) is 22.3 Å². The number of hydrogen-bond acceptors (Lipinski definition) is 7. The number of esters is 1. The first kappa shape index (κ1) is 22.3. The van der Waals surface area contributed by atoms with E-state index in [2.05, 4.69) is 5.16 Å². The molecule has 5 rings (SSSR count). The van der Waals surface area contributed by atoms with Crippen molar-refractivity contribution in [3.05, 3.63) is 62.9 Å². The number of benzene rings is 1. The molecule has 8 heteroatoms. The zero-order valence-electron chi connectivity index (χ0n) is 19.5. The summed E-state index contributed by atoms with van der Waals surface area (Å²) in [5, 5.41) is 15.4. The van der Waals surface area contributed by atoms with Gasteiger partial charge in [0.05, 0.1) is 48.3 Å². The lowest BCUT2D eigenvalue weighted by molar-refractivity contribution is -0.146. The number of carbonyl (C=O) groups is 1. The van der Waals surface area contributed by atoms with Gasteiger partial charge in [-0.15, -0.1) is 0 Å². The molecule has 2 aliphatic rings. The van der Waals surface area contributed by atoms with Crippen molar-refractivity contribution < 1.29 is 19.5 Å². The third kappa shape index (κ3) is 3.40. The number of aliphatic hydroxyl groups excluding tert-OH is 1. The molecule has 0 amide bonds. The number of oxime groups is 1. The predicted octanol–water partition coefficient (Wildman–Crippen LogP) is 3.27. The molecule has 4 heterocycles. The summed E-state index contributed by atoms with van der Waals surface area (Å²) in [4.78, 5) is 36.3. The molecule has 34 heavy (non-hydrogen) atoms. The Morgan fingerprint density at radius 2 is 2.09 bits per heavy atom. The van der Waals surface area contributed by atoms with Crippen LogP contribution in [0.1, 0.15) is 55.9 Å². The lowest BCUT2D eigenvalue weighted by Crippen LogP contribution is -2.35. The normalized spacial score (nSPS) is 19.1. The highest BCUT2D eigenvalue weighted by atomic mass is 16.6. The Kier molecular flexibility index (Phi) is 5.48. The lowest BCUT2D eigenvalue weighted by Gasteiger charge is -2.30. The van der Waals surface area contributed by atoms with E-state index in [1.165, 1.54) is 0 Å². The summed E-state index contributed by atoms with van der Waals surface area (Å²) in [7, 11) is 0. The average molecular weight is 462 g/mol. The van der Waals surface area contributed by atoms with Gasteiger partial charge in [0.2, 0.25) is 0 Å². The van der Waals surface area contributed by atoms with Crippen LogP contribution in [0.3, 0.4) is 0 Å². The average Bonchev–Trinajstić information content (AvgIpc) is 3.12. The number of hydrogen-bond donors (Lipinski definition) is 1. The summed E-state index contributed by atoms with van der Waals surface area (Å²) >= 11 is 0. The van der Waals surface area contributed by atoms with Crippen LogP contribution in [0.5, 0.6) is 0 Å². The van der Waals surface area contributed by atoms with Crippen LogP contribution >= 0.6 is 0 Å². The monoisotopic (exact) mass is 461 g/mol. The minimum atomic E-state index is -0.868. The molecule has 0 fully saturated rings. The molecule has 1 atom stereocenters. The first-order valence-corrected chi connectivity index (χ1v) is 11.5. The Labute approximate surface area is 196 Å². The first-order valence-electron chi connectivity index (χ1n) is 11.5. The maximum Gasteiger partial charge on any atom is 0.307 e. The van der Waals surface area contributed by atoms with Gasteiger partial charge in [0.15, 0.2) is 0 Å². The Balaban J connectivity index is 1.77. The number of para-hydroxylation sites is 1. The molecule has 2 aromatic heterocycles. The second-order valence-corrected chi connectivity index (χ2v) is 9.20. The van der Waals surface area contributed by atoms with Crippen LogP contribution < -0.4 is 5.56 Å². The van der Waals surface area contributed by atoms with Gasteiger partial charge in [0.1, 0.15) is 12.7 Å². The van der Waals surface area contributed by atoms with Crippen LogP contribution in [-0.2, 0) is 32.9 Å². The zero-order valence-corrected chi connectivity index (χ0v) is 19.5. The standard InChI is InChI=1S/C26H27N3O5/c1-4-26(14-30)10-23(31)33-13-19-20(26)9-22-24-18(12-29(22)25(19)32)17(11-27-34-15(2)3)16-7-5-6-8-21(16)28-24/h5-9,11,15,30H,4,10,12-14H2,1-3H3/b27-11+. The molecule has 0 saturated carbocycles. The summed E-state index contributed by atoms with van der Waals surface area (Å²) in [6.07, 6.45) is 2.16. The van der Waals surface area contributed by atoms with Crippen molar-refractivity contribution in [1.29, 1.82) is 0 Å². The number of pyridine rings is 2. The molecule has 176 valence electrons. The first-order chi connectivity index (χ1) is 16.4. The number of ether oxygens (including phenoxy) is 1. The minimum Gasteiger partial charge on any atom is -0.461 e. The van der Waals surface area contributed by atoms with E-state index >= 15 is 0 Å². The third-order valence-corrected chi connectivity index (χ3v) is 6.86. The molecule has 0 radical (unpaired) electrons. The van der Waals surface area contributed by atoms with Crippen molar-refractivity contribution in [3.8, 4) is 11.4 Å². The van der Waals surface area contributed by atoms with E-state index in [4.69, 9.17) is 14.6 Å². The van der Waals surface area contributed by atoms with E-state index in [0.29, 0.717) is 35.5 Å². The Hall–Kier alpha value is -3.52. The fraction of sp³-hybridized carbons (Fsp3) is 0.385. The molecule has 0 aliphatic carbocycles. The van der Waals surface area contributed by atoms with Gasteiger partial charge in [0, 0.05) is 21.9 Å². The van der Waals surface area contributed by atoms with Crippen LogP contribution in [0.4, 0.5) is 0 Å². The van der Waals surface area contributed by atoms with Crippen molar-refractivity contribution in [1.82, 2.24) is 9.55 Å². The van der Waals surface area contributed by atoms with Gasteiger partial charge in [-0.1, -0.05) is 30.3 Å². The molecule has 1 unspecified atom stereocenters. The molecular weight excluding hydrogens is 434 g/mol. The lowest BCUT2D eigenvalue weighted by atomic mass is 9.74. The van der Waals surface area contributed by atoms with Crippen molar-refractivity contribution in [3.63, 3.8) is 0 Å². The maximum absolute atomic E-state index is 13.7. The Morgan fingerprint density at radius 1 is 1.29 bits per heavy atom. The number of fused-ring (bicyclic) bond motifs is 5. The number of rotatable bonds is 5. The molecule has 0 saturated heterocycles. The minimum absolute atomic E-state index is 0.0261. The van der Waals surface area contributed by atoms with E-state index < -0.39 is 11.4 Å². The number of carbonyl (C=O) groups excluding carboxylic acids is 1. The van der Waals surface area contributed by atoms with E-state index in [9.17, 15) is 14.7 Å². The van der Waals surface area contributed by atoms with Crippen LogP contribution in [0, 0.1) is 0 Å². The molecule has 1 N–H and O–H groups in total. The van der Waals surface area contributed by atoms with E-state index in [0.717, 1.165) is 22.0 Å². The Bertz CT molecular complexity index is 1390. The largest absolute Gasteiger partial charge is 0.461 e. The number of aromatic nitrogens is 2. The molecule has 2 aliphatic heterocycles. The molecule has 1 aromatic carbocycles. The van der Waals surface area contributed by atoms with Gasteiger partial charge in [-0.25, -0.2) is 4.98 Å². The van der Waals surface area contributed by atoms with Gasteiger partial charge < -0.3 is 19.2 Å². The van der Waals surface area contributed by atoms with Crippen molar-refractivity contribution in [2.75, 3.05) is 6.61 Å². The van der Waals surface area contributed by atoms with Crippen LogP contribution in [0.2, 0.25) is 0 Å². The highest BCUT2D eigenvalue weighted by Gasteiger charge is 2.40. The summed E-state index contributed by atoms with van der Waals surface area (Å²) in [6, 6.07) is 9.68. The number of nitrogens with zero attached hydrogens (tertiary/aromatic N) is 3. The second-order valence-electron chi connectivity index (χ2n) is 9.20. The van der Waals surface area contributed by atoms with Gasteiger partial charge in [0.25, 0.3) is 5.56 Å². The van der Waals surface area contributed by atoms with E-state index in [1.54, 1.807) is 10.8 Å². The summed E-state index contributed by atoms with van der Waals surface area (Å²) < 4.78 is 7.03. The van der Waals surface area contributed by atoms with Crippen molar-refractivity contribution in [2.45, 2.75) is 58.3 Å². The van der Waals surface area contributed by atoms with E-state index in [-0.39, 0.29) is 31.3 Å². The molecule has 0 spiro atoms. The fourth-order valence-corrected chi connectivity index (χ4v) is 4.96. The molecule has 8 nitrogen and oxygen atoms in total. The molecular formula is C26H27N3O5. The SMILES string of the molecule is CCC1(CO)CC(=O)OCc2c1cc1n(c2=O)Cc2c-1nc1ccccc1c2/C=N/OC(C)C. The van der Waals surface area contributed by atoms with Gasteiger partial charge in [-0.05, 0) is 38.0 Å². The Morgan fingerprint density at radius 3 is 2.82 bits per heavy atom. The second kappa shape index (κ2) is 8.36. The van der Waals surface area contributed by atoms with Crippen LogP contribution in [0.15, 0.2) is 40.3 Å². The highest BCUT2D eigenvalue weighted by molar-refractivity contribution is 6.02. The van der Waals surface area contributed by atoms with Gasteiger partial charge in [-0.3, -0.25) is 9.59 Å². The topological polar surface area (TPSA) is 103 Å². The summed E-state index contributed by atoms with van der Waals surface area (Å²) in [6.45, 7) is 5.69. The van der Waals surface area contributed by atoms with E-state index in [1.807, 2.05) is 51.1 Å². The summed E-state index contributed by atoms with van der Waals surface area (Å²) in [5.74, 6) is -0.412. The van der Waals surface area contributed by atoms with Crippen molar-refractivity contribution >= 4 is 23.1 Å². The van der Waals surface area contributed by atoms with Crippen molar-refractivity contribution in [2.24, 2.45) is 5.16 Å². The smallest absolute Gasteiger partial charge is 0.307 e.